The van der Waals surface area contributed by atoms with Crippen molar-refractivity contribution in [3.63, 3.8) is 0 Å². The molecule has 0 N–H and O–H groups in total. The molecule has 1 aliphatic rings. The maximum Gasteiger partial charge on any atom is 0.255 e. The number of rotatable bonds is 3. The maximum absolute atomic E-state index is 14.5. The normalized spacial score (nSPS) is 14.4. The summed E-state index contributed by atoms with van der Waals surface area (Å²) < 4.78 is 41.1. The highest BCUT2D eigenvalue weighted by atomic mass is 35.5. The molecule has 0 atom stereocenters. The van der Waals surface area contributed by atoms with Gasteiger partial charge in [0.05, 0.1) is 16.3 Å². The van der Waals surface area contributed by atoms with Crippen LogP contribution in [0, 0.1) is 24.4 Å². The van der Waals surface area contributed by atoms with Crippen LogP contribution < -0.4 is 4.90 Å². The lowest BCUT2D eigenvalue weighted by Crippen LogP contribution is -2.49. The number of amides is 1. The van der Waals surface area contributed by atoms with Crippen molar-refractivity contribution in [2.75, 3.05) is 31.1 Å². The summed E-state index contributed by atoms with van der Waals surface area (Å²) in [6, 6.07) is 4.41. The number of benzene rings is 2. The van der Waals surface area contributed by atoms with E-state index in [1.54, 1.807) is 17.9 Å². The molecule has 0 radical (unpaired) electrons. The molecule has 148 valence electrons. The third kappa shape index (κ3) is 3.85. The highest BCUT2D eigenvalue weighted by molar-refractivity contribution is 6.33. The summed E-state index contributed by atoms with van der Waals surface area (Å²) in [4.78, 5) is 27.4. The van der Waals surface area contributed by atoms with E-state index in [0.29, 0.717) is 29.9 Å². The highest BCUT2D eigenvalue weighted by Gasteiger charge is 2.26. The molecule has 0 unspecified atom stereocenters. The van der Waals surface area contributed by atoms with E-state index in [1.165, 1.54) is 17.9 Å². The number of hydrogen-bond donors (Lipinski definition) is 0. The molecule has 8 heteroatoms. The van der Waals surface area contributed by atoms with Gasteiger partial charge in [0.25, 0.3) is 5.91 Å². The maximum atomic E-state index is 14.5. The standard InChI is InChI=1S/C20H18ClF3N2O2/c1-11-7-19(18(24)8-13(11)12(2)27)25-3-5-26(6-4-25)20(28)14-9-16(22)17(23)10-15(14)21/h7-10H,3-6H2,1-2H3. The Morgan fingerprint density at radius 2 is 1.46 bits per heavy atom. The van der Waals surface area contributed by atoms with E-state index in [-0.39, 0.29) is 29.5 Å². The molecule has 1 heterocycles. The first kappa shape index (κ1) is 20.2. The predicted octanol–water partition coefficient (Wildman–Crippen LogP) is 4.23. The Morgan fingerprint density at radius 3 is 2.07 bits per heavy atom. The van der Waals surface area contributed by atoms with Gasteiger partial charge in [-0.1, -0.05) is 11.6 Å². The lowest BCUT2D eigenvalue weighted by molar-refractivity contribution is 0.0746. The molecule has 0 aliphatic carbocycles. The van der Waals surface area contributed by atoms with Gasteiger partial charge in [0.15, 0.2) is 17.4 Å². The molecule has 0 aromatic heterocycles. The fraction of sp³-hybridized carbons (Fsp3) is 0.300. The van der Waals surface area contributed by atoms with Crippen LogP contribution in [0.1, 0.15) is 33.2 Å². The summed E-state index contributed by atoms with van der Waals surface area (Å²) in [5.74, 6) is -3.48. The number of nitrogens with zero attached hydrogens (tertiary/aromatic N) is 2. The Hall–Kier alpha value is -2.54. The van der Waals surface area contributed by atoms with Crippen LogP contribution in [0.15, 0.2) is 24.3 Å². The van der Waals surface area contributed by atoms with Gasteiger partial charge in [-0.25, -0.2) is 13.2 Å². The zero-order valence-electron chi connectivity index (χ0n) is 15.4. The summed E-state index contributed by atoms with van der Waals surface area (Å²) in [5, 5.41) is -0.159. The van der Waals surface area contributed by atoms with Gasteiger partial charge >= 0.3 is 0 Å². The van der Waals surface area contributed by atoms with E-state index < -0.39 is 23.4 Å². The summed E-state index contributed by atoms with van der Waals surface area (Å²) in [6.07, 6.45) is 0. The Labute approximate surface area is 165 Å². The van der Waals surface area contributed by atoms with E-state index in [9.17, 15) is 22.8 Å². The third-order valence-corrected chi connectivity index (χ3v) is 5.13. The number of hydrogen-bond acceptors (Lipinski definition) is 3. The number of aryl methyl sites for hydroxylation is 1. The number of piperazine rings is 1. The number of carbonyl (C=O) groups excluding carboxylic acids is 2. The molecular weight excluding hydrogens is 393 g/mol. The fourth-order valence-electron chi connectivity index (χ4n) is 3.30. The first-order valence-electron chi connectivity index (χ1n) is 8.69. The predicted molar refractivity (Wildman–Crippen MR) is 101 cm³/mol. The fourth-order valence-corrected chi connectivity index (χ4v) is 3.53. The first-order chi connectivity index (χ1) is 13.2. The Kier molecular flexibility index (Phi) is 5.65. The van der Waals surface area contributed by atoms with Crippen molar-refractivity contribution in [2.24, 2.45) is 0 Å². The van der Waals surface area contributed by atoms with Crippen LogP contribution in [-0.2, 0) is 0 Å². The molecular formula is C20H18ClF3N2O2. The average Bonchev–Trinajstić information content (AvgIpc) is 2.65. The number of ketones is 1. The van der Waals surface area contributed by atoms with Crippen LogP contribution in [0.5, 0.6) is 0 Å². The molecule has 4 nitrogen and oxygen atoms in total. The lowest BCUT2D eigenvalue weighted by Gasteiger charge is -2.36. The molecule has 3 rings (SSSR count). The van der Waals surface area contributed by atoms with Crippen molar-refractivity contribution in [2.45, 2.75) is 13.8 Å². The molecule has 28 heavy (non-hydrogen) atoms. The second kappa shape index (κ2) is 7.83. The molecule has 1 amide bonds. The topological polar surface area (TPSA) is 40.6 Å². The van der Waals surface area contributed by atoms with Gasteiger partial charge < -0.3 is 9.80 Å². The molecule has 1 fully saturated rings. The number of Topliss-reactive ketones (excluding diaryl/α,β-unsaturated/α-hetero) is 1. The van der Waals surface area contributed by atoms with Crippen LogP contribution in [0.2, 0.25) is 5.02 Å². The van der Waals surface area contributed by atoms with Crippen molar-refractivity contribution in [1.29, 1.82) is 0 Å². The van der Waals surface area contributed by atoms with Gasteiger partial charge in [-0.3, -0.25) is 9.59 Å². The van der Waals surface area contributed by atoms with E-state index in [2.05, 4.69) is 0 Å². The summed E-state index contributed by atoms with van der Waals surface area (Å²) in [6.45, 7) is 4.35. The second-order valence-corrected chi connectivity index (χ2v) is 7.11. The van der Waals surface area contributed by atoms with E-state index >= 15 is 0 Å². The lowest BCUT2D eigenvalue weighted by atomic mass is 10.0. The molecule has 1 aliphatic heterocycles. The van der Waals surface area contributed by atoms with Gasteiger partial charge in [-0.2, -0.15) is 0 Å². The largest absolute Gasteiger partial charge is 0.366 e. The Balaban J connectivity index is 1.75. The van der Waals surface area contributed by atoms with Crippen LogP contribution in [0.4, 0.5) is 18.9 Å². The zero-order valence-corrected chi connectivity index (χ0v) is 16.1. The van der Waals surface area contributed by atoms with Crippen molar-refractivity contribution >= 4 is 29.0 Å². The van der Waals surface area contributed by atoms with Crippen molar-refractivity contribution in [3.8, 4) is 0 Å². The van der Waals surface area contributed by atoms with Crippen molar-refractivity contribution in [3.05, 3.63) is 63.4 Å². The van der Waals surface area contributed by atoms with Gasteiger partial charge in [0.1, 0.15) is 5.82 Å². The minimum atomic E-state index is -1.14. The number of carbonyl (C=O) groups is 2. The van der Waals surface area contributed by atoms with Crippen LogP contribution in [-0.4, -0.2) is 42.8 Å². The number of anilines is 1. The molecule has 0 bridgehead atoms. The smallest absolute Gasteiger partial charge is 0.255 e. The molecule has 0 saturated carbocycles. The van der Waals surface area contributed by atoms with Crippen molar-refractivity contribution < 1.29 is 22.8 Å². The average molecular weight is 411 g/mol. The van der Waals surface area contributed by atoms with Gasteiger partial charge in [0.2, 0.25) is 0 Å². The quantitative estimate of drug-likeness (QED) is 0.561. The van der Waals surface area contributed by atoms with Crippen molar-refractivity contribution in [1.82, 2.24) is 4.90 Å². The van der Waals surface area contributed by atoms with Gasteiger partial charge in [-0.05, 0) is 43.7 Å². The SMILES string of the molecule is CC(=O)c1cc(F)c(N2CCN(C(=O)c3cc(F)c(F)cc3Cl)CC2)cc1C. The van der Waals surface area contributed by atoms with Crippen LogP contribution in [0.3, 0.4) is 0 Å². The Bertz CT molecular complexity index is 957. The van der Waals surface area contributed by atoms with Gasteiger partial charge in [0, 0.05) is 31.7 Å². The minimum absolute atomic E-state index is 0.109. The first-order valence-corrected chi connectivity index (χ1v) is 9.06. The molecule has 2 aromatic carbocycles. The van der Waals surface area contributed by atoms with Crippen LogP contribution in [0.25, 0.3) is 0 Å². The summed E-state index contributed by atoms with van der Waals surface area (Å²) in [5.41, 5.74) is 1.27. The van der Waals surface area contributed by atoms with E-state index in [0.717, 1.165) is 12.1 Å². The van der Waals surface area contributed by atoms with E-state index in [4.69, 9.17) is 11.6 Å². The summed E-state index contributed by atoms with van der Waals surface area (Å²) in [7, 11) is 0. The third-order valence-electron chi connectivity index (χ3n) is 4.82. The monoisotopic (exact) mass is 410 g/mol. The van der Waals surface area contributed by atoms with Gasteiger partial charge in [-0.15, -0.1) is 0 Å². The minimum Gasteiger partial charge on any atom is -0.366 e. The molecule has 2 aromatic rings. The Morgan fingerprint density at radius 1 is 0.893 bits per heavy atom. The molecule has 0 spiro atoms. The van der Waals surface area contributed by atoms with Crippen LogP contribution >= 0.6 is 11.6 Å². The van der Waals surface area contributed by atoms with E-state index in [1.807, 2.05) is 0 Å². The summed E-state index contributed by atoms with van der Waals surface area (Å²) >= 11 is 5.88. The highest BCUT2D eigenvalue weighted by Crippen LogP contribution is 2.26. The second-order valence-electron chi connectivity index (χ2n) is 6.70. The zero-order chi connectivity index (χ0) is 20.6. The number of halogens is 4. The molecule has 1 saturated heterocycles.